The van der Waals surface area contributed by atoms with Gasteiger partial charge in [-0.05, 0) is 5.92 Å². The Morgan fingerprint density at radius 3 is 2.76 bits per heavy atom. The lowest BCUT2D eigenvalue weighted by molar-refractivity contribution is 0.0698. The Morgan fingerprint density at radius 1 is 1.53 bits per heavy atom. The van der Waals surface area contributed by atoms with E-state index >= 15 is 0 Å². The number of pyridine rings is 1. The molecule has 0 aliphatic rings. The van der Waals surface area contributed by atoms with E-state index in [0.29, 0.717) is 11.1 Å². The highest BCUT2D eigenvalue weighted by atomic mass is 16.5. The third-order valence-electron chi connectivity index (χ3n) is 2.44. The molecule has 0 saturated heterocycles. The van der Waals surface area contributed by atoms with Gasteiger partial charge in [0.25, 0.3) is 5.71 Å². The summed E-state index contributed by atoms with van der Waals surface area (Å²) < 4.78 is 9.96. The minimum Gasteiger partial charge on any atom is -0.481 e. The van der Waals surface area contributed by atoms with Gasteiger partial charge in [-0.15, -0.1) is 0 Å². The summed E-state index contributed by atoms with van der Waals surface area (Å²) in [6, 6.07) is 1.37. The molecule has 0 aliphatic carbocycles. The lowest BCUT2D eigenvalue weighted by Crippen LogP contribution is -2.01. The Balaban J connectivity index is 2.80. The van der Waals surface area contributed by atoms with Crippen LogP contribution in [0, 0.1) is 0 Å². The number of carbonyl (C=O) groups is 1. The molecule has 90 valence electrons. The quantitative estimate of drug-likeness (QED) is 0.877. The molecule has 2 rings (SSSR count). The molecule has 0 amide bonds. The molecule has 0 atom stereocenters. The number of methoxy groups -OCH3 is 1. The maximum atomic E-state index is 11.2. The van der Waals surface area contributed by atoms with Gasteiger partial charge in [-0.1, -0.05) is 19.0 Å². The number of aromatic carboxylic acids is 1. The molecular formula is C11H12N2O4. The number of carboxylic acids is 1. The number of nitrogens with zero attached hydrogens (tertiary/aromatic N) is 2. The molecule has 17 heavy (non-hydrogen) atoms. The highest BCUT2D eigenvalue weighted by Crippen LogP contribution is 2.29. The maximum Gasteiger partial charge on any atom is 0.336 e. The van der Waals surface area contributed by atoms with Gasteiger partial charge in [0.1, 0.15) is 0 Å². The molecule has 0 aromatic carbocycles. The van der Waals surface area contributed by atoms with Crippen LogP contribution in [0.15, 0.2) is 10.6 Å². The zero-order valence-corrected chi connectivity index (χ0v) is 9.72. The fourth-order valence-corrected chi connectivity index (χ4v) is 1.62. The number of hydrogen-bond donors (Lipinski definition) is 1. The van der Waals surface area contributed by atoms with Gasteiger partial charge in [-0.3, -0.25) is 0 Å². The van der Waals surface area contributed by atoms with Crippen LogP contribution in [0.4, 0.5) is 0 Å². The molecule has 6 heteroatoms. The normalized spacial score (nSPS) is 11.1. The van der Waals surface area contributed by atoms with Crippen LogP contribution in [-0.2, 0) is 0 Å². The summed E-state index contributed by atoms with van der Waals surface area (Å²) in [5, 5.41) is 13.5. The van der Waals surface area contributed by atoms with Crippen LogP contribution in [0.2, 0.25) is 0 Å². The van der Waals surface area contributed by atoms with Gasteiger partial charge < -0.3 is 14.4 Å². The van der Waals surface area contributed by atoms with Crippen molar-refractivity contribution >= 4 is 17.1 Å². The first kappa shape index (κ1) is 11.4. The van der Waals surface area contributed by atoms with Gasteiger partial charge in [0.2, 0.25) is 5.88 Å². The van der Waals surface area contributed by atoms with Gasteiger partial charge in [0.05, 0.1) is 23.8 Å². The zero-order chi connectivity index (χ0) is 12.6. The molecule has 1 N–H and O–H groups in total. The number of fused-ring (bicyclic) bond motifs is 1. The van der Waals surface area contributed by atoms with Crippen molar-refractivity contribution in [1.29, 1.82) is 0 Å². The standard InChI is InChI=1S/C11H12N2O4/c1-5(2)9-8-6(11(14)15)4-7(16-3)12-10(8)17-13-9/h4-5H,1-3H3,(H,14,15). The maximum absolute atomic E-state index is 11.2. The number of rotatable bonds is 3. The van der Waals surface area contributed by atoms with Gasteiger partial charge in [-0.2, -0.15) is 4.98 Å². The van der Waals surface area contributed by atoms with Crippen molar-refractivity contribution in [2.24, 2.45) is 0 Å². The molecule has 0 radical (unpaired) electrons. The van der Waals surface area contributed by atoms with E-state index in [0.717, 1.165) is 0 Å². The van der Waals surface area contributed by atoms with E-state index in [1.807, 2.05) is 13.8 Å². The molecule has 0 saturated carbocycles. The van der Waals surface area contributed by atoms with E-state index in [1.54, 1.807) is 0 Å². The predicted octanol–water partition coefficient (Wildman–Crippen LogP) is 2.05. The lowest BCUT2D eigenvalue weighted by atomic mass is 10.0. The van der Waals surface area contributed by atoms with Crippen molar-refractivity contribution in [3.05, 3.63) is 17.3 Å². The van der Waals surface area contributed by atoms with E-state index in [1.165, 1.54) is 13.2 Å². The van der Waals surface area contributed by atoms with Gasteiger partial charge in [-0.25, -0.2) is 4.79 Å². The minimum atomic E-state index is -1.05. The van der Waals surface area contributed by atoms with Gasteiger partial charge >= 0.3 is 5.97 Å². The van der Waals surface area contributed by atoms with Crippen LogP contribution in [0.25, 0.3) is 11.1 Å². The first-order valence-electron chi connectivity index (χ1n) is 5.12. The van der Waals surface area contributed by atoms with E-state index in [4.69, 9.17) is 9.26 Å². The molecule has 2 aromatic heterocycles. The average molecular weight is 236 g/mol. The van der Waals surface area contributed by atoms with E-state index in [2.05, 4.69) is 10.1 Å². The Kier molecular flexibility index (Phi) is 2.71. The van der Waals surface area contributed by atoms with Crippen molar-refractivity contribution in [2.75, 3.05) is 7.11 Å². The zero-order valence-electron chi connectivity index (χ0n) is 9.72. The molecule has 2 heterocycles. The second kappa shape index (κ2) is 4.04. The summed E-state index contributed by atoms with van der Waals surface area (Å²) in [7, 11) is 1.42. The summed E-state index contributed by atoms with van der Waals surface area (Å²) >= 11 is 0. The van der Waals surface area contributed by atoms with Crippen LogP contribution >= 0.6 is 0 Å². The summed E-state index contributed by atoms with van der Waals surface area (Å²) in [5.74, 6) is -0.799. The SMILES string of the molecule is COc1cc(C(=O)O)c2c(C(C)C)noc2n1. The molecule has 2 aromatic rings. The average Bonchev–Trinajstić information content (AvgIpc) is 2.70. The Labute approximate surface area is 97.2 Å². The monoisotopic (exact) mass is 236 g/mol. The third-order valence-corrected chi connectivity index (χ3v) is 2.44. The fourth-order valence-electron chi connectivity index (χ4n) is 1.62. The molecule has 0 bridgehead atoms. The van der Waals surface area contributed by atoms with Crippen LogP contribution in [0.5, 0.6) is 5.88 Å². The first-order valence-corrected chi connectivity index (χ1v) is 5.12. The summed E-state index contributed by atoms with van der Waals surface area (Å²) in [6.07, 6.45) is 0. The van der Waals surface area contributed by atoms with Crippen molar-refractivity contribution in [3.63, 3.8) is 0 Å². The molecule has 6 nitrogen and oxygen atoms in total. The summed E-state index contributed by atoms with van der Waals surface area (Å²) in [4.78, 5) is 15.2. The van der Waals surface area contributed by atoms with E-state index < -0.39 is 5.97 Å². The number of carboxylic acid groups (broad SMARTS) is 1. The lowest BCUT2D eigenvalue weighted by Gasteiger charge is -2.03. The minimum absolute atomic E-state index is 0.0598. The van der Waals surface area contributed by atoms with Crippen molar-refractivity contribution in [1.82, 2.24) is 10.1 Å². The van der Waals surface area contributed by atoms with Gasteiger partial charge in [0.15, 0.2) is 0 Å². The van der Waals surface area contributed by atoms with Crippen LogP contribution in [-0.4, -0.2) is 28.3 Å². The predicted molar refractivity (Wildman–Crippen MR) is 59.4 cm³/mol. The van der Waals surface area contributed by atoms with Crippen LogP contribution in [0.3, 0.4) is 0 Å². The van der Waals surface area contributed by atoms with Crippen molar-refractivity contribution < 1.29 is 19.2 Å². The summed E-state index contributed by atoms with van der Waals surface area (Å²) in [6.45, 7) is 3.82. The second-order valence-corrected chi connectivity index (χ2v) is 3.92. The van der Waals surface area contributed by atoms with Crippen molar-refractivity contribution in [2.45, 2.75) is 19.8 Å². The van der Waals surface area contributed by atoms with E-state index in [9.17, 15) is 9.90 Å². The Morgan fingerprint density at radius 2 is 2.24 bits per heavy atom. The largest absolute Gasteiger partial charge is 0.481 e. The molecule has 0 unspecified atom stereocenters. The summed E-state index contributed by atoms with van der Waals surface area (Å²) in [5.41, 5.74) is 0.870. The topological polar surface area (TPSA) is 85.5 Å². The molecule has 0 spiro atoms. The Bertz CT molecular complexity index is 574. The van der Waals surface area contributed by atoms with Crippen LogP contribution in [0.1, 0.15) is 35.8 Å². The molecule has 0 aliphatic heterocycles. The van der Waals surface area contributed by atoms with Gasteiger partial charge in [0, 0.05) is 6.07 Å². The third kappa shape index (κ3) is 1.82. The van der Waals surface area contributed by atoms with E-state index in [-0.39, 0.29) is 23.1 Å². The second-order valence-electron chi connectivity index (χ2n) is 3.92. The fraction of sp³-hybridized carbons (Fsp3) is 0.364. The smallest absolute Gasteiger partial charge is 0.336 e. The Hall–Kier alpha value is -2.11. The number of ether oxygens (including phenoxy) is 1. The number of aromatic nitrogens is 2. The first-order chi connectivity index (χ1) is 8.04. The van der Waals surface area contributed by atoms with Crippen molar-refractivity contribution in [3.8, 4) is 5.88 Å². The molecule has 0 fully saturated rings. The highest BCUT2D eigenvalue weighted by Gasteiger charge is 2.21. The number of hydrogen-bond acceptors (Lipinski definition) is 5. The molecular weight excluding hydrogens is 224 g/mol. The highest BCUT2D eigenvalue weighted by molar-refractivity contribution is 6.02. The van der Waals surface area contributed by atoms with Crippen LogP contribution < -0.4 is 4.74 Å².